The number of phenolic OH excluding ortho intramolecular Hbond substituents is 2. The smallest absolute Gasteiger partial charge is 0.194 e. The number of carbonyl (C=O) groups excluding carboxylic acids is 1. The Morgan fingerprint density at radius 2 is 1.20 bits per heavy atom. The molecule has 0 saturated heterocycles. The van der Waals surface area contributed by atoms with Gasteiger partial charge in [0.05, 0.1) is 14.2 Å². The van der Waals surface area contributed by atoms with Crippen LogP contribution in [0.15, 0.2) is 35.4 Å². The SMILES string of the molecule is COc1cc(/C=C2\CCCC/C(=C\c3cc(F)c(O)c(OC)c3)C2=O)cc(F)c1O. The summed E-state index contributed by atoms with van der Waals surface area (Å²) in [7, 11) is 2.63. The number of halogens is 2. The van der Waals surface area contributed by atoms with E-state index >= 15 is 0 Å². The predicted molar refractivity (Wildman–Crippen MR) is 109 cm³/mol. The average Bonchev–Trinajstić information content (AvgIpc) is 2.89. The molecule has 30 heavy (non-hydrogen) atoms. The molecule has 1 saturated carbocycles. The van der Waals surface area contributed by atoms with Crippen LogP contribution < -0.4 is 9.47 Å². The van der Waals surface area contributed by atoms with Crippen LogP contribution in [-0.2, 0) is 4.79 Å². The summed E-state index contributed by atoms with van der Waals surface area (Å²) in [6, 6.07) is 5.17. The van der Waals surface area contributed by atoms with Gasteiger partial charge in [0, 0.05) is 11.1 Å². The molecule has 1 fully saturated rings. The third-order valence-electron chi connectivity index (χ3n) is 4.95. The molecule has 0 amide bonds. The van der Waals surface area contributed by atoms with E-state index in [0.717, 1.165) is 25.0 Å². The normalized spacial score (nSPS) is 17.3. The van der Waals surface area contributed by atoms with Crippen molar-refractivity contribution < 1.29 is 33.3 Å². The van der Waals surface area contributed by atoms with Gasteiger partial charge in [0.15, 0.2) is 40.4 Å². The van der Waals surface area contributed by atoms with E-state index in [1.54, 1.807) is 12.2 Å². The lowest BCUT2D eigenvalue weighted by Gasteiger charge is -2.09. The highest BCUT2D eigenvalue weighted by atomic mass is 19.1. The molecule has 0 unspecified atom stereocenters. The molecule has 0 aromatic heterocycles. The minimum Gasteiger partial charge on any atom is -0.502 e. The molecule has 158 valence electrons. The third-order valence-corrected chi connectivity index (χ3v) is 4.95. The predicted octanol–water partition coefficient (Wildman–Crippen LogP) is 5.00. The first kappa shape index (κ1) is 21.4. The van der Waals surface area contributed by atoms with E-state index in [0.29, 0.717) is 35.1 Å². The number of aromatic hydroxyl groups is 2. The standard InChI is InChI=1S/C23H22F2O5/c1-29-19-11-13(9-17(24)22(19)27)7-15-5-3-4-6-16(21(15)26)8-14-10-18(25)23(28)20(12-14)30-2/h7-12,27-28H,3-6H2,1-2H3/b15-7+,16-8+. The number of phenols is 2. The van der Waals surface area contributed by atoms with Crippen LogP contribution in [0.5, 0.6) is 23.0 Å². The Morgan fingerprint density at radius 3 is 1.57 bits per heavy atom. The van der Waals surface area contributed by atoms with Crippen LogP contribution in [-0.4, -0.2) is 30.2 Å². The maximum atomic E-state index is 13.9. The van der Waals surface area contributed by atoms with Crippen LogP contribution in [0.4, 0.5) is 8.78 Å². The maximum absolute atomic E-state index is 13.9. The van der Waals surface area contributed by atoms with Gasteiger partial charge in [0.2, 0.25) is 0 Å². The number of allylic oxidation sites excluding steroid dienone is 2. The molecular weight excluding hydrogens is 394 g/mol. The number of methoxy groups -OCH3 is 2. The molecule has 2 aromatic carbocycles. The molecule has 1 aliphatic carbocycles. The van der Waals surface area contributed by atoms with Crippen molar-refractivity contribution in [3.8, 4) is 23.0 Å². The minimum absolute atomic E-state index is 0.0228. The largest absolute Gasteiger partial charge is 0.502 e. The van der Waals surface area contributed by atoms with E-state index < -0.39 is 23.1 Å². The summed E-state index contributed by atoms with van der Waals surface area (Å²) >= 11 is 0. The van der Waals surface area contributed by atoms with Crippen molar-refractivity contribution in [3.63, 3.8) is 0 Å². The van der Waals surface area contributed by atoms with Gasteiger partial charge >= 0.3 is 0 Å². The molecule has 7 heteroatoms. The summed E-state index contributed by atoms with van der Waals surface area (Å²) in [5, 5.41) is 19.3. The van der Waals surface area contributed by atoms with E-state index in [9.17, 15) is 23.8 Å². The fourth-order valence-corrected chi connectivity index (χ4v) is 3.41. The number of hydrogen-bond donors (Lipinski definition) is 2. The molecule has 2 aromatic rings. The molecule has 0 aliphatic heterocycles. The fourth-order valence-electron chi connectivity index (χ4n) is 3.41. The van der Waals surface area contributed by atoms with E-state index in [-0.39, 0.29) is 17.3 Å². The first-order valence-electron chi connectivity index (χ1n) is 9.43. The van der Waals surface area contributed by atoms with Gasteiger partial charge in [0.25, 0.3) is 0 Å². The van der Waals surface area contributed by atoms with Crippen molar-refractivity contribution in [2.24, 2.45) is 0 Å². The summed E-state index contributed by atoms with van der Waals surface area (Å²) in [5.74, 6) is -3.12. The van der Waals surface area contributed by atoms with Crippen molar-refractivity contribution >= 4 is 17.9 Å². The van der Waals surface area contributed by atoms with Gasteiger partial charge in [0.1, 0.15) is 0 Å². The molecule has 0 spiro atoms. The Balaban J connectivity index is 1.99. The van der Waals surface area contributed by atoms with Crippen LogP contribution in [0.1, 0.15) is 36.8 Å². The molecule has 0 bridgehead atoms. The summed E-state index contributed by atoms with van der Waals surface area (Å²) in [6.07, 6.45) is 5.69. The van der Waals surface area contributed by atoms with Gasteiger partial charge in [-0.05, 0) is 73.2 Å². The van der Waals surface area contributed by atoms with Crippen molar-refractivity contribution in [3.05, 3.63) is 58.2 Å². The van der Waals surface area contributed by atoms with Gasteiger partial charge in [-0.1, -0.05) is 0 Å². The molecule has 5 nitrogen and oxygen atoms in total. The Labute approximate surface area is 172 Å². The van der Waals surface area contributed by atoms with E-state index in [2.05, 4.69) is 0 Å². The van der Waals surface area contributed by atoms with Gasteiger partial charge in [-0.15, -0.1) is 0 Å². The highest BCUT2D eigenvalue weighted by molar-refractivity contribution is 6.13. The van der Waals surface area contributed by atoms with Crippen LogP contribution in [0, 0.1) is 11.6 Å². The topological polar surface area (TPSA) is 76.0 Å². The Hall–Kier alpha value is -3.35. The first-order chi connectivity index (χ1) is 14.3. The second kappa shape index (κ2) is 8.98. The van der Waals surface area contributed by atoms with Crippen molar-refractivity contribution in [1.82, 2.24) is 0 Å². The van der Waals surface area contributed by atoms with Crippen LogP contribution in [0.2, 0.25) is 0 Å². The lowest BCUT2D eigenvalue weighted by atomic mass is 9.97. The number of Topliss-reactive ketones (excluding diaryl/α,β-unsaturated/α-hetero) is 1. The average molecular weight is 416 g/mol. The number of rotatable bonds is 4. The number of ketones is 1. The molecule has 3 rings (SSSR count). The van der Waals surface area contributed by atoms with Crippen LogP contribution in [0.25, 0.3) is 12.2 Å². The zero-order valence-corrected chi connectivity index (χ0v) is 16.7. The lowest BCUT2D eigenvalue weighted by Crippen LogP contribution is -2.04. The van der Waals surface area contributed by atoms with Gasteiger partial charge in [-0.25, -0.2) is 8.78 Å². The lowest BCUT2D eigenvalue weighted by molar-refractivity contribution is -0.112. The summed E-state index contributed by atoms with van der Waals surface area (Å²) in [4.78, 5) is 13.1. The van der Waals surface area contributed by atoms with Crippen molar-refractivity contribution in [1.29, 1.82) is 0 Å². The summed E-state index contributed by atoms with van der Waals surface area (Å²) in [5.41, 5.74) is 1.75. The van der Waals surface area contributed by atoms with Crippen molar-refractivity contribution in [2.45, 2.75) is 25.7 Å². The molecule has 0 heterocycles. The van der Waals surface area contributed by atoms with Crippen molar-refractivity contribution in [2.75, 3.05) is 14.2 Å². The molecule has 2 N–H and O–H groups in total. The first-order valence-corrected chi connectivity index (χ1v) is 9.43. The zero-order chi connectivity index (χ0) is 21.8. The van der Waals surface area contributed by atoms with E-state index in [1.165, 1.54) is 26.4 Å². The number of carbonyl (C=O) groups is 1. The summed E-state index contributed by atoms with van der Waals surface area (Å²) in [6.45, 7) is 0. The number of hydrogen-bond acceptors (Lipinski definition) is 5. The number of benzene rings is 2. The Bertz CT molecular complexity index is 959. The monoisotopic (exact) mass is 416 g/mol. The maximum Gasteiger partial charge on any atom is 0.194 e. The molecule has 1 aliphatic rings. The second-order valence-corrected chi connectivity index (χ2v) is 6.98. The molecule has 0 atom stereocenters. The summed E-state index contributed by atoms with van der Waals surface area (Å²) < 4.78 is 37.8. The third kappa shape index (κ3) is 4.45. The minimum atomic E-state index is -0.843. The molecular formula is C23H22F2O5. The quantitative estimate of drug-likeness (QED) is 0.542. The zero-order valence-electron chi connectivity index (χ0n) is 16.7. The number of ether oxygens (including phenoxy) is 2. The van der Waals surface area contributed by atoms with Gasteiger partial charge < -0.3 is 19.7 Å². The van der Waals surface area contributed by atoms with Gasteiger partial charge in [-0.3, -0.25) is 4.79 Å². The Kier molecular flexibility index (Phi) is 6.40. The second-order valence-electron chi connectivity index (χ2n) is 6.98. The van der Waals surface area contributed by atoms with E-state index in [4.69, 9.17) is 9.47 Å². The Morgan fingerprint density at radius 1 is 0.800 bits per heavy atom. The van der Waals surface area contributed by atoms with Crippen LogP contribution >= 0.6 is 0 Å². The molecule has 0 radical (unpaired) electrons. The van der Waals surface area contributed by atoms with Crippen LogP contribution in [0.3, 0.4) is 0 Å². The highest BCUT2D eigenvalue weighted by Gasteiger charge is 2.20. The fraction of sp³-hybridized carbons (Fsp3) is 0.261. The van der Waals surface area contributed by atoms with Gasteiger partial charge in [-0.2, -0.15) is 0 Å². The van der Waals surface area contributed by atoms with E-state index in [1.807, 2.05) is 0 Å². The highest BCUT2D eigenvalue weighted by Crippen LogP contribution is 2.34.